The van der Waals surface area contributed by atoms with E-state index in [-0.39, 0.29) is 0 Å². The Hall–Kier alpha value is -0.0600. The third-order valence-corrected chi connectivity index (χ3v) is 5.46. The van der Waals surface area contributed by atoms with Gasteiger partial charge in [-0.3, -0.25) is 9.58 Å². The zero-order valence-corrected chi connectivity index (χ0v) is 13.6. The second-order valence-electron chi connectivity index (χ2n) is 5.20. The summed E-state index contributed by atoms with van der Waals surface area (Å²) < 4.78 is 1.93. The van der Waals surface area contributed by atoms with Crippen LogP contribution < -0.4 is 0 Å². The van der Waals surface area contributed by atoms with Gasteiger partial charge in [-0.05, 0) is 25.3 Å². The van der Waals surface area contributed by atoms with E-state index in [1.165, 1.54) is 6.42 Å². The van der Waals surface area contributed by atoms with Crippen LogP contribution in [0.1, 0.15) is 31.7 Å². The first kappa shape index (κ1) is 14.4. The van der Waals surface area contributed by atoms with E-state index in [4.69, 9.17) is 11.6 Å². The Balaban J connectivity index is 2.08. The average molecular weight is 335 g/mol. The summed E-state index contributed by atoms with van der Waals surface area (Å²) in [4.78, 5) is 3.05. The minimum absolute atomic E-state index is 0.587. The number of likely N-dealkylation sites (tertiary alicyclic amines) is 1. The van der Waals surface area contributed by atoms with E-state index in [2.05, 4.69) is 39.8 Å². The highest BCUT2D eigenvalue weighted by atomic mass is 79.9. The molecule has 18 heavy (non-hydrogen) atoms. The lowest BCUT2D eigenvalue weighted by Gasteiger charge is -2.34. The number of hydrogen-bond acceptors (Lipinski definition) is 2. The summed E-state index contributed by atoms with van der Waals surface area (Å²) in [6.07, 6.45) is 2.14. The molecular formula is C13H21BrClN3. The lowest BCUT2D eigenvalue weighted by atomic mass is 9.99. The molecule has 1 aromatic rings. The molecule has 1 aliphatic rings. The minimum atomic E-state index is 0.587. The highest BCUT2D eigenvalue weighted by molar-refractivity contribution is 9.09. The molecule has 3 nitrogen and oxygen atoms in total. The SMILES string of the molecule is CCc1nn(C)c(CN2CCC(C)C(Br)C2)c1Cl. The highest BCUT2D eigenvalue weighted by Gasteiger charge is 2.25. The zero-order chi connectivity index (χ0) is 13.3. The van der Waals surface area contributed by atoms with Crippen LogP contribution in [0.15, 0.2) is 0 Å². The monoisotopic (exact) mass is 333 g/mol. The number of halogens is 2. The lowest BCUT2D eigenvalue weighted by Crippen LogP contribution is -2.39. The largest absolute Gasteiger partial charge is 0.296 e. The molecule has 0 aromatic carbocycles. The second kappa shape index (κ2) is 5.93. The maximum atomic E-state index is 6.39. The molecule has 2 atom stereocenters. The van der Waals surface area contributed by atoms with Crippen LogP contribution in [0, 0.1) is 5.92 Å². The van der Waals surface area contributed by atoms with Crippen molar-refractivity contribution in [3.05, 3.63) is 16.4 Å². The molecule has 1 fully saturated rings. The van der Waals surface area contributed by atoms with Crippen LogP contribution in [-0.4, -0.2) is 32.6 Å². The smallest absolute Gasteiger partial charge is 0.0863 e. The van der Waals surface area contributed by atoms with E-state index < -0.39 is 0 Å². The molecule has 2 rings (SSSR count). The fourth-order valence-electron chi connectivity index (χ4n) is 2.43. The van der Waals surface area contributed by atoms with Gasteiger partial charge in [0.2, 0.25) is 0 Å². The predicted molar refractivity (Wildman–Crippen MR) is 79.4 cm³/mol. The molecular weight excluding hydrogens is 314 g/mol. The van der Waals surface area contributed by atoms with Crippen molar-refractivity contribution in [3.8, 4) is 0 Å². The highest BCUT2D eigenvalue weighted by Crippen LogP contribution is 2.27. The Labute approximate surface area is 123 Å². The van der Waals surface area contributed by atoms with Crippen LogP contribution in [-0.2, 0) is 20.0 Å². The molecule has 0 aliphatic carbocycles. The Kier molecular flexibility index (Phi) is 4.73. The fourth-order valence-corrected chi connectivity index (χ4v) is 3.46. The molecule has 0 saturated carbocycles. The van der Waals surface area contributed by atoms with Crippen LogP contribution in [0.4, 0.5) is 0 Å². The Morgan fingerprint density at radius 3 is 2.78 bits per heavy atom. The molecule has 2 heterocycles. The molecule has 0 bridgehead atoms. The summed E-state index contributed by atoms with van der Waals surface area (Å²) in [5.74, 6) is 0.759. The van der Waals surface area contributed by atoms with Gasteiger partial charge in [0.05, 0.1) is 16.4 Å². The molecule has 0 radical (unpaired) electrons. The van der Waals surface area contributed by atoms with Gasteiger partial charge in [0, 0.05) is 25.0 Å². The molecule has 102 valence electrons. The summed E-state index contributed by atoms with van der Waals surface area (Å²) in [7, 11) is 1.98. The summed E-state index contributed by atoms with van der Waals surface area (Å²) in [6.45, 7) is 7.53. The molecule has 1 aromatic heterocycles. The summed E-state index contributed by atoms with van der Waals surface area (Å²) in [6, 6.07) is 0. The van der Waals surface area contributed by atoms with Gasteiger partial charge in [-0.15, -0.1) is 0 Å². The van der Waals surface area contributed by atoms with Crippen molar-refractivity contribution in [3.63, 3.8) is 0 Å². The average Bonchev–Trinajstić information content (AvgIpc) is 2.61. The van der Waals surface area contributed by atoms with Crippen LogP contribution in [0.25, 0.3) is 0 Å². The van der Waals surface area contributed by atoms with Crippen molar-refractivity contribution in [2.24, 2.45) is 13.0 Å². The van der Waals surface area contributed by atoms with Gasteiger partial charge in [-0.25, -0.2) is 0 Å². The number of rotatable bonds is 3. The third kappa shape index (κ3) is 2.91. The minimum Gasteiger partial charge on any atom is -0.296 e. The van der Waals surface area contributed by atoms with E-state index in [1.54, 1.807) is 0 Å². The van der Waals surface area contributed by atoms with Gasteiger partial charge in [0.25, 0.3) is 0 Å². The fraction of sp³-hybridized carbons (Fsp3) is 0.769. The Morgan fingerprint density at radius 2 is 2.22 bits per heavy atom. The standard InChI is InChI=1S/C13H21BrClN3/c1-4-11-13(15)12(17(3)16-11)8-18-6-5-9(2)10(14)7-18/h9-10H,4-8H2,1-3H3. The van der Waals surface area contributed by atoms with Gasteiger partial charge < -0.3 is 0 Å². The lowest BCUT2D eigenvalue weighted by molar-refractivity contribution is 0.190. The Bertz CT molecular complexity index is 419. The summed E-state index contributed by atoms with van der Waals surface area (Å²) in [5, 5.41) is 5.33. The quantitative estimate of drug-likeness (QED) is 0.791. The number of hydrogen-bond donors (Lipinski definition) is 0. The van der Waals surface area contributed by atoms with Gasteiger partial charge in [-0.1, -0.05) is 41.4 Å². The topological polar surface area (TPSA) is 21.1 Å². The van der Waals surface area contributed by atoms with Crippen LogP contribution in [0.2, 0.25) is 5.02 Å². The molecule has 0 N–H and O–H groups in total. The maximum absolute atomic E-state index is 6.39. The number of nitrogens with zero attached hydrogens (tertiary/aromatic N) is 3. The molecule has 5 heteroatoms. The first-order chi connectivity index (χ1) is 8.52. The molecule has 0 spiro atoms. The molecule has 1 saturated heterocycles. The van der Waals surface area contributed by atoms with Gasteiger partial charge in [0.15, 0.2) is 0 Å². The first-order valence-electron chi connectivity index (χ1n) is 6.59. The van der Waals surface area contributed by atoms with Crippen molar-refractivity contribution < 1.29 is 0 Å². The van der Waals surface area contributed by atoms with Crippen molar-refractivity contribution >= 4 is 27.5 Å². The van der Waals surface area contributed by atoms with Gasteiger partial charge >= 0.3 is 0 Å². The number of piperidine rings is 1. The number of aromatic nitrogens is 2. The van der Waals surface area contributed by atoms with Crippen LogP contribution in [0.5, 0.6) is 0 Å². The van der Waals surface area contributed by atoms with Crippen LogP contribution in [0.3, 0.4) is 0 Å². The van der Waals surface area contributed by atoms with E-state index in [0.717, 1.165) is 48.4 Å². The van der Waals surface area contributed by atoms with Crippen molar-refractivity contribution in [2.75, 3.05) is 13.1 Å². The van der Waals surface area contributed by atoms with E-state index >= 15 is 0 Å². The third-order valence-electron chi connectivity index (χ3n) is 3.83. The second-order valence-corrected chi connectivity index (χ2v) is 6.76. The van der Waals surface area contributed by atoms with Crippen molar-refractivity contribution in [1.29, 1.82) is 0 Å². The maximum Gasteiger partial charge on any atom is 0.0863 e. The van der Waals surface area contributed by atoms with E-state index in [9.17, 15) is 0 Å². The van der Waals surface area contributed by atoms with E-state index in [1.807, 2.05) is 11.7 Å². The molecule has 2 unspecified atom stereocenters. The molecule has 0 amide bonds. The first-order valence-corrected chi connectivity index (χ1v) is 7.89. The zero-order valence-electron chi connectivity index (χ0n) is 11.3. The van der Waals surface area contributed by atoms with Crippen LogP contribution >= 0.6 is 27.5 Å². The summed E-state index contributed by atoms with van der Waals surface area (Å²) in [5.41, 5.74) is 2.15. The number of aryl methyl sites for hydroxylation is 2. The summed E-state index contributed by atoms with van der Waals surface area (Å²) >= 11 is 10.2. The van der Waals surface area contributed by atoms with Gasteiger partial charge in [-0.2, -0.15) is 5.10 Å². The van der Waals surface area contributed by atoms with Gasteiger partial charge in [0.1, 0.15) is 0 Å². The van der Waals surface area contributed by atoms with Crippen molar-refractivity contribution in [2.45, 2.75) is 38.1 Å². The van der Waals surface area contributed by atoms with Crippen molar-refractivity contribution in [1.82, 2.24) is 14.7 Å². The normalized spacial score (nSPS) is 25.6. The molecule has 1 aliphatic heterocycles. The predicted octanol–water partition coefficient (Wildman–Crippen LogP) is 3.24. The Morgan fingerprint density at radius 1 is 1.50 bits per heavy atom. The number of alkyl halides is 1. The van der Waals surface area contributed by atoms with E-state index in [0.29, 0.717) is 4.83 Å².